The first-order valence-electron chi connectivity index (χ1n) is 5.03. The Morgan fingerprint density at radius 3 is 2.47 bits per heavy atom. The van der Waals surface area contributed by atoms with E-state index in [2.05, 4.69) is 15.3 Å². The molecule has 0 amide bonds. The maximum Gasteiger partial charge on any atom is 0.373 e. The number of piperidine rings is 1. The first kappa shape index (κ1) is 10.0. The van der Waals surface area contributed by atoms with Crippen LogP contribution in [0.3, 0.4) is 0 Å². The molecule has 5 heteroatoms. The van der Waals surface area contributed by atoms with Gasteiger partial charge in [0.15, 0.2) is 0 Å². The van der Waals surface area contributed by atoms with Gasteiger partial charge in [-0.2, -0.15) is 0 Å². The van der Waals surface area contributed by atoms with E-state index in [1.165, 1.54) is 0 Å². The SMILES string of the molecule is O=C(O)c1ncc(C2CCNCC2)cn1. The van der Waals surface area contributed by atoms with Gasteiger partial charge in [-0.3, -0.25) is 0 Å². The van der Waals surface area contributed by atoms with Gasteiger partial charge in [-0.05, 0) is 37.4 Å². The van der Waals surface area contributed by atoms with Gasteiger partial charge in [-0.25, -0.2) is 14.8 Å². The van der Waals surface area contributed by atoms with Crippen LogP contribution in [-0.2, 0) is 0 Å². The number of hydrogen-bond donors (Lipinski definition) is 2. The molecule has 0 unspecified atom stereocenters. The molecule has 0 saturated carbocycles. The summed E-state index contributed by atoms with van der Waals surface area (Å²) in [6.45, 7) is 2.01. The Labute approximate surface area is 87.6 Å². The van der Waals surface area contributed by atoms with Crippen LogP contribution in [0.5, 0.6) is 0 Å². The number of hydrogen-bond acceptors (Lipinski definition) is 4. The Bertz CT molecular complexity index is 344. The smallest absolute Gasteiger partial charge is 0.373 e. The fourth-order valence-electron chi connectivity index (χ4n) is 1.81. The molecular weight excluding hydrogens is 194 g/mol. The summed E-state index contributed by atoms with van der Waals surface area (Å²) in [5, 5.41) is 11.9. The van der Waals surface area contributed by atoms with Crippen molar-refractivity contribution in [3.8, 4) is 0 Å². The first-order chi connectivity index (χ1) is 7.27. The summed E-state index contributed by atoms with van der Waals surface area (Å²) in [4.78, 5) is 18.2. The van der Waals surface area contributed by atoms with Crippen LogP contribution in [0.4, 0.5) is 0 Å². The summed E-state index contributed by atoms with van der Waals surface area (Å²) in [6, 6.07) is 0. The highest BCUT2D eigenvalue weighted by Gasteiger charge is 2.16. The van der Waals surface area contributed by atoms with Crippen molar-refractivity contribution in [3.05, 3.63) is 23.8 Å². The molecular formula is C10H13N3O2. The van der Waals surface area contributed by atoms with Crippen molar-refractivity contribution in [2.24, 2.45) is 0 Å². The largest absolute Gasteiger partial charge is 0.475 e. The summed E-state index contributed by atoms with van der Waals surface area (Å²) in [5.41, 5.74) is 1.04. The zero-order valence-corrected chi connectivity index (χ0v) is 8.31. The summed E-state index contributed by atoms with van der Waals surface area (Å²) in [5.74, 6) is -0.742. The van der Waals surface area contributed by atoms with E-state index in [-0.39, 0.29) is 5.82 Å². The number of rotatable bonds is 2. The van der Waals surface area contributed by atoms with Gasteiger partial charge in [0.05, 0.1) is 0 Å². The molecule has 5 nitrogen and oxygen atoms in total. The van der Waals surface area contributed by atoms with E-state index in [4.69, 9.17) is 5.11 Å². The van der Waals surface area contributed by atoms with Gasteiger partial charge in [-0.1, -0.05) is 0 Å². The maximum atomic E-state index is 10.6. The molecule has 2 heterocycles. The lowest BCUT2D eigenvalue weighted by Crippen LogP contribution is -2.26. The Balaban J connectivity index is 2.11. The molecule has 0 atom stereocenters. The Morgan fingerprint density at radius 2 is 1.93 bits per heavy atom. The molecule has 80 valence electrons. The summed E-state index contributed by atoms with van der Waals surface area (Å²) in [6.07, 6.45) is 5.39. The molecule has 2 N–H and O–H groups in total. The lowest BCUT2D eigenvalue weighted by molar-refractivity contribution is 0.0683. The van der Waals surface area contributed by atoms with Gasteiger partial charge in [-0.15, -0.1) is 0 Å². The molecule has 0 aliphatic carbocycles. The van der Waals surface area contributed by atoms with Gasteiger partial charge in [0.2, 0.25) is 5.82 Å². The molecule has 0 bridgehead atoms. The monoisotopic (exact) mass is 207 g/mol. The molecule has 1 aliphatic heterocycles. The molecule has 15 heavy (non-hydrogen) atoms. The van der Waals surface area contributed by atoms with Crippen molar-refractivity contribution in [1.29, 1.82) is 0 Å². The third kappa shape index (κ3) is 2.30. The zero-order valence-electron chi connectivity index (χ0n) is 8.31. The van der Waals surface area contributed by atoms with Crippen LogP contribution in [-0.4, -0.2) is 34.1 Å². The van der Waals surface area contributed by atoms with Gasteiger partial charge in [0.1, 0.15) is 0 Å². The molecule has 2 rings (SSSR count). The minimum atomic E-state index is -1.08. The second kappa shape index (κ2) is 4.35. The number of nitrogens with zero attached hydrogens (tertiary/aromatic N) is 2. The van der Waals surface area contributed by atoms with Crippen LogP contribution in [0, 0.1) is 0 Å². The normalized spacial score (nSPS) is 17.6. The number of aromatic carboxylic acids is 1. The summed E-state index contributed by atoms with van der Waals surface area (Å²) < 4.78 is 0. The predicted octanol–water partition coefficient (Wildman–Crippen LogP) is 0.642. The Morgan fingerprint density at radius 1 is 1.33 bits per heavy atom. The number of carbonyl (C=O) groups is 1. The Hall–Kier alpha value is -1.49. The second-order valence-corrected chi connectivity index (χ2v) is 3.67. The zero-order chi connectivity index (χ0) is 10.7. The topological polar surface area (TPSA) is 75.1 Å². The van der Waals surface area contributed by atoms with Crippen molar-refractivity contribution in [1.82, 2.24) is 15.3 Å². The average Bonchev–Trinajstić information content (AvgIpc) is 2.30. The first-order valence-corrected chi connectivity index (χ1v) is 5.03. The third-order valence-electron chi connectivity index (χ3n) is 2.67. The van der Waals surface area contributed by atoms with Gasteiger partial charge in [0.25, 0.3) is 0 Å². The summed E-state index contributed by atoms with van der Waals surface area (Å²) >= 11 is 0. The molecule has 1 saturated heterocycles. The standard InChI is InChI=1S/C10H13N3O2/c14-10(15)9-12-5-8(6-13-9)7-1-3-11-4-2-7/h5-7,11H,1-4H2,(H,14,15). The number of aromatic nitrogens is 2. The van der Waals surface area contributed by atoms with Crippen molar-refractivity contribution in [3.63, 3.8) is 0 Å². The quantitative estimate of drug-likeness (QED) is 0.744. The highest BCUT2D eigenvalue weighted by molar-refractivity contribution is 5.82. The van der Waals surface area contributed by atoms with E-state index >= 15 is 0 Å². The third-order valence-corrected chi connectivity index (χ3v) is 2.67. The van der Waals surface area contributed by atoms with E-state index in [1.807, 2.05) is 0 Å². The molecule has 0 aromatic carbocycles. The number of carboxylic acids is 1. The number of nitrogens with one attached hydrogen (secondary N) is 1. The van der Waals surface area contributed by atoms with Crippen LogP contribution < -0.4 is 5.32 Å². The molecule has 1 aliphatic rings. The Kier molecular flexibility index (Phi) is 2.91. The van der Waals surface area contributed by atoms with E-state index < -0.39 is 5.97 Å². The van der Waals surface area contributed by atoms with E-state index in [0.29, 0.717) is 5.92 Å². The van der Waals surface area contributed by atoms with Gasteiger partial charge >= 0.3 is 5.97 Å². The lowest BCUT2D eigenvalue weighted by atomic mass is 9.92. The fraction of sp³-hybridized carbons (Fsp3) is 0.500. The van der Waals surface area contributed by atoms with Gasteiger partial charge in [0, 0.05) is 12.4 Å². The van der Waals surface area contributed by atoms with Crippen molar-refractivity contribution in [2.75, 3.05) is 13.1 Å². The highest BCUT2D eigenvalue weighted by Crippen LogP contribution is 2.23. The fourth-order valence-corrected chi connectivity index (χ4v) is 1.81. The molecule has 0 radical (unpaired) electrons. The van der Waals surface area contributed by atoms with Crippen LogP contribution >= 0.6 is 0 Å². The van der Waals surface area contributed by atoms with Crippen LogP contribution in [0.25, 0.3) is 0 Å². The van der Waals surface area contributed by atoms with Crippen LogP contribution in [0.15, 0.2) is 12.4 Å². The highest BCUT2D eigenvalue weighted by atomic mass is 16.4. The van der Waals surface area contributed by atoms with E-state index in [9.17, 15) is 4.79 Å². The molecule has 1 fully saturated rings. The lowest BCUT2D eigenvalue weighted by Gasteiger charge is -2.22. The predicted molar refractivity (Wildman–Crippen MR) is 53.8 cm³/mol. The average molecular weight is 207 g/mol. The number of carboxylic acid groups (broad SMARTS) is 1. The second-order valence-electron chi connectivity index (χ2n) is 3.67. The minimum Gasteiger partial charge on any atom is -0.475 e. The van der Waals surface area contributed by atoms with Crippen molar-refractivity contribution in [2.45, 2.75) is 18.8 Å². The maximum absolute atomic E-state index is 10.6. The van der Waals surface area contributed by atoms with Crippen molar-refractivity contribution >= 4 is 5.97 Å². The van der Waals surface area contributed by atoms with Crippen molar-refractivity contribution < 1.29 is 9.90 Å². The minimum absolute atomic E-state index is 0.132. The van der Waals surface area contributed by atoms with E-state index in [1.54, 1.807) is 12.4 Å². The summed E-state index contributed by atoms with van der Waals surface area (Å²) in [7, 11) is 0. The van der Waals surface area contributed by atoms with Crippen LogP contribution in [0.2, 0.25) is 0 Å². The van der Waals surface area contributed by atoms with Gasteiger partial charge < -0.3 is 10.4 Å². The van der Waals surface area contributed by atoms with Crippen LogP contribution in [0.1, 0.15) is 34.9 Å². The molecule has 1 aromatic rings. The molecule has 0 spiro atoms. The van der Waals surface area contributed by atoms with E-state index in [0.717, 1.165) is 31.5 Å². The molecule has 1 aromatic heterocycles.